The first kappa shape index (κ1) is 19.4. The Hall–Kier alpha value is -2.52. The number of ether oxygens (including phenoxy) is 1. The first-order valence-electron chi connectivity index (χ1n) is 10.5. The number of benzene rings is 1. The van der Waals surface area contributed by atoms with E-state index in [9.17, 15) is 0 Å². The molecule has 2 aliphatic heterocycles. The van der Waals surface area contributed by atoms with E-state index in [1.807, 2.05) is 11.8 Å². The minimum absolute atomic E-state index is 0.434. The summed E-state index contributed by atoms with van der Waals surface area (Å²) >= 11 is 2.02. The van der Waals surface area contributed by atoms with Gasteiger partial charge in [0.15, 0.2) is 11.5 Å². The highest BCUT2D eigenvalue weighted by atomic mass is 32.2. The Kier molecular flexibility index (Phi) is 5.63. The molecule has 0 unspecified atom stereocenters. The molecule has 1 aromatic carbocycles. The van der Waals surface area contributed by atoms with Crippen LogP contribution >= 0.6 is 11.8 Å². The van der Waals surface area contributed by atoms with E-state index in [2.05, 4.69) is 55.6 Å². The van der Waals surface area contributed by atoms with Gasteiger partial charge in [0.1, 0.15) is 5.52 Å². The molecule has 4 heterocycles. The molecular formula is C21H27N7OS. The third-order valence-electron chi connectivity index (χ3n) is 5.67. The van der Waals surface area contributed by atoms with Crippen LogP contribution in [-0.2, 0) is 4.74 Å². The Labute approximate surface area is 180 Å². The van der Waals surface area contributed by atoms with E-state index in [-0.39, 0.29) is 0 Å². The molecule has 2 saturated heterocycles. The van der Waals surface area contributed by atoms with Gasteiger partial charge in [-0.3, -0.25) is 0 Å². The summed E-state index contributed by atoms with van der Waals surface area (Å²) in [6.45, 7) is 5.54. The number of hydrogen-bond acceptors (Lipinski definition) is 8. The van der Waals surface area contributed by atoms with Crippen LogP contribution in [-0.4, -0.2) is 63.8 Å². The smallest absolute Gasteiger partial charge is 0.231 e. The standard InChI is InChI=1S/C21H27N7OS/c1-14-12-16(28-6-8-29-9-7-28)2-3-17(14)25-21-26-19-18(22-13-23-19)20(27-21)24-15-4-10-30-11-5-15/h2-3,12-13,15H,4-11H2,1H3,(H3,22,23,24,25,26,27). The van der Waals surface area contributed by atoms with Crippen molar-refractivity contribution in [2.24, 2.45) is 0 Å². The average molecular weight is 426 g/mol. The van der Waals surface area contributed by atoms with Gasteiger partial charge >= 0.3 is 0 Å². The Balaban J connectivity index is 1.38. The van der Waals surface area contributed by atoms with Gasteiger partial charge in [0.25, 0.3) is 0 Å². The second-order valence-electron chi connectivity index (χ2n) is 7.75. The number of rotatable bonds is 5. The molecule has 0 saturated carbocycles. The maximum atomic E-state index is 5.46. The molecule has 158 valence electrons. The highest BCUT2D eigenvalue weighted by molar-refractivity contribution is 7.99. The molecule has 5 rings (SSSR count). The Morgan fingerprint density at radius 3 is 2.80 bits per heavy atom. The SMILES string of the molecule is Cc1cc(N2CCOCC2)ccc1Nc1nc(NC2CCSCC2)c2nc[nH]c2n1. The van der Waals surface area contributed by atoms with Crippen LogP contribution < -0.4 is 15.5 Å². The maximum Gasteiger partial charge on any atom is 0.231 e. The van der Waals surface area contributed by atoms with Gasteiger partial charge in [-0.25, -0.2) is 4.98 Å². The summed E-state index contributed by atoms with van der Waals surface area (Å²) in [5.74, 6) is 3.74. The Bertz CT molecular complexity index is 1010. The normalized spacial score (nSPS) is 18.0. The number of nitrogens with one attached hydrogen (secondary N) is 3. The van der Waals surface area contributed by atoms with Gasteiger partial charge in [-0.2, -0.15) is 21.7 Å². The molecule has 2 aliphatic rings. The van der Waals surface area contributed by atoms with E-state index in [1.165, 1.54) is 17.2 Å². The van der Waals surface area contributed by atoms with E-state index in [0.29, 0.717) is 12.0 Å². The summed E-state index contributed by atoms with van der Waals surface area (Å²) in [5.41, 5.74) is 4.92. The highest BCUT2D eigenvalue weighted by Crippen LogP contribution is 2.28. The third kappa shape index (κ3) is 4.17. The van der Waals surface area contributed by atoms with Gasteiger partial charge in [0.2, 0.25) is 5.95 Å². The number of aryl methyl sites for hydroxylation is 1. The monoisotopic (exact) mass is 425 g/mol. The minimum atomic E-state index is 0.434. The van der Waals surface area contributed by atoms with Crippen LogP contribution in [0, 0.1) is 6.92 Å². The van der Waals surface area contributed by atoms with Crippen LogP contribution in [0.2, 0.25) is 0 Å². The number of H-pyrrole nitrogens is 1. The van der Waals surface area contributed by atoms with E-state index in [1.54, 1.807) is 6.33 Å². The van der Waals surface area contributed by atoms with Gasteiger partial charge in [-0.05, 0) is 55.0 Å². The van der Waals surface area contributed by atoms with E-state index < -0.39 is 0 Å². The number of hydrogen-bond donors (Lipinski definition) is 3. The lowest BCUT2D eigenvalue weighted by Gasteiger charge is -2.29. The molecule has 0 atom stereocenters. The molecule has 2 fully saturated rings. The predicted molar refractivity (Wildman–Crippen MR) is 123 cm³/mol. The van der Waals surface area contributed by atoms with Crippen molar-refractivity contribution in [2.75, 3.05) is 53.3 Å². The van der Waals surface area contributed by atoms with Gasteiger partial charge in [0.05, 0.1) is 19.5 Å². The second kappa shape index (κ2) is 8.69. The Morgan fingerprint density at radius 2 is 2.00 bits per heavy atom. The van der Waals surface area contributed by atoms with Crippen molar-refractivity contribution in [2.45, 2.75) is 25.8 Å². The number of thioether (sulfide) groups is 1. The van der Waals surface area contributed by atoms with Crippen molar-refractivity contribution in [1.82, 2.24) is 19.9 Å². The number of imidazole rings is 1. The molecule has 0 aliphatic carbocycles. The van der Waals surface area contributed by atoms with Gasteiger partial charge < -0.3 is 25.3 Å². The van der Waals surface area contributed by atoms with Gasteiger partial charge in [0, 0.05) is 30.5 Å². The van der Waals surface area contributed by atoms with Crippen LogP contribution in [0.5, 0.6) is 0 Å². The average Bonchev–Trinajstić information content (AvgIpc) is 3.26. The number of aromatic nitrogens is 4. The summed E-state index contributed by atoms with van der Waals surface area (Å²) in [7, 11) is 0. The minimum Gasteiger partial charge on any atom is -0.378 e. The molecule has 8 nitrogen and oxygen atoms in total. The maximum absolute atomic E-state index is 5.46. The molecular weight excluding hydrogens is 398 g/mol. The number of nitrogens with zero attached hydrogens (tertiary/aromatic N) is 4. The fraction of sp³-hybridized carbons (Fsp3) is 0.476. The van der Waals surface area contributed by atoms with Crippen LogP contribution in [0.1, 0.15) is 18.4 Å². The molecule has 3 aromatic rings. The zero-order valence-electron chi connectivity index (χ0n) is 17.1. The summed E-state index contributed by atoms with van der Waals surface area (Å²) in [6.07, 6.45) is 3.96. The molecule has 0 spiro atoms. The number of morpholine rings is 1. The molecule has 3 N–H and O–H groups in total. The lowest BCUT2D eigenvalue weighted by Crippen LogP contribution is -2.36. The number of fused-ring (bicyclic) bond motifs is 1. The Morgan fingerprint density at radius 1 is 1.17 bits per heavy atom. The van der Waals surface area contributed by atoms with Crippen LogP contribution in [0.4, 0.5) is 23.1 Å². The van der Waals surface area contributed by atoms with Crippen molar-refractivity contribution < 1.29 is 4.74 Å². The van der Waals surface area contributed by atoms with Crippen molar-refractivity contribution in [3.8, 4) is 0 Å². The summed E-state index contributed by atoms with van der Waals surface area (Å²) < 4.78 is 5.46. The lowest BCUT2D eigenvalue weighted by molar-refractivity contribution is 0.122. The second-order valence-corrected chi connectivity index (χ2v) is 8.97. The molecule has 0 amide bonds. The largest absolute Gasteiger partial charge is 0.378 e. The number of aromatic amines is 1. The van der Waals surface area contributed by atoms with Gasteiger partial charge in [-0.15, -0.1) is 0 Å². The molecule has 0 radical (unpaired) electrons. The quantitative estimate of drug-likeness (QED) is 0.572. The molecule has 2 aromatic heterocycles. The lowest BCUT2D eigenvalue weighted by atomic mass is 10.1. The topological polar surface area (TPSA) is 91.0 Å². The fourth-order valence-corrected chi connectivity index (χ4v) is 5.06. The fourth-order valence-electron chi connectivity index (χ4n) is 3.95. The highest BCUT2D eigenvalue weighted by Gasteiger charge is 2.18. The van der Waals surface area contributed by atoms with Crippen molar-refractivity contribution in [1.29, 1.82) is 0 Å². The summed E-state index contributed by atoms with van der Waals surface area (Å²) in [6, 6.07) is 6.89. The molecule has 9 heteroatoms. The van der Waals surface area contributed by atoms with Crippen molar-refractivity contribution >= 4 is 46.1 Å². The van der Waals surface area contributed by atoms with E-state index in [4.69, 9.17) is 9.72 Å². The van der Waals surface area contributed by atoms with Crippen molar-refractivity contribution in [3.05, 3.63) is 30.1 Å². The zero-order chi connectivity index (χ0) is 20.3. The summed E-state index contributed by atoms with van der Waals surface area (Å²) in [4.78, 5) is 19.3. The summed E-state index contributed by atoms with van der Waals surface area (Å²) in [5, 5.41) is 7.00. The van der Waals surface area contributed by atoms with E-state index >= 15 is 0 Å². The number of anilines is 4. The van der Waals surface area contributed by atoms with Crippen LogP contribution in [0.3, 0.4) is 0 Å². The molecule has 0 bridgehead atoms. The first-order valence-corrected chi connectivity index (χ1v) is 11.7. The van der Waals surface area contributed by atoms with Crippen LogP contribution in [0.15, 0.2) is 24.5 Å². The molecule has 30 heavy (non-hydrogen) atoms. The van der Waals surface area contributed by atoms with Crippen LogP contribution in [0.25, 0.3) is 11.2 Å². The van der Waals surface area contributed by atoms with Crippen molar-refractivity contribution in [3.63, 3.8) is 0 Å². The van der Waals surface area contributed by atoms with Gasteiger partial charge in [-0.1, -0.05) is 0 Å². The zero-order valence-corrected chi connectivity index (χ0v) is 18.0. The third-order valence-corrected chi connectivity index (χ3v) is 6.72. The first-order chi connectivity index (χ1) is 14.8. The predicted octanol–water partition coefficient (Wildman–Crippen LogP) is 3.55. The van der Waals surface area contributed by atoms with E-state index in [0.717, 1.165) is 67.4 Å².